The van der Waals surface area contributed by atoms with Crippen LogP contribution in [0.2, 0.25) is 0 Å². The van der Waals surface area contributed by atoms with Crippen LogP contribution in [-0.4, -0.2) is 47.6 Å². The van der Waals surface area contributed by atoms with Gasteiger partial charge >= 0.3 is 0 Å². The van der Waals surface area contributed by atoms with Gasteiger partial charge in [0.05, 0.1) is 12.0 Å². The molecule has 0 bridgehead atoms. The molecule has 2 saturated heterocycles. The molecular weight excluding hydrogens is 318 g/mol. The summed E-state index contributed by atoms with van der Waals surface area (Å²) >= 11 is 0. The van der Waals surface area contributed by atoms with Crippen molar-refractivity contribution in [1.82, 2.24) is 4.90 Å². The van der Waals surface area contributed by atoms with Crippen molar-refractivity contribution in [1.29, 1.82) is 0 Å². The van der Waals surface area contributed by atoms with E-state index in [2.05, 4.69) is 0 Å². The molecule has 2 fully saturated rings. The number of rotatable bonds is 3. The summed E-state index contributed by atoms with van der Waals surface area (Å²) in [5, 5.41) is 9.63. The van der Waals surface area contributed by atoms with E-state index in [-0.39, 0.29) is 36.4 Å². The van der Waals surface area contributed by atoms with Crippen LogP contribution in [0.3, 0.4) is 0 Å². The molecule has 1 N–H and O–H groups in total. The smallest absolute Gasteiger partial charge is 0.228 e. The van der Waals surface area contributed by atoms with Crippen molar-refractivity contribution >= 4 is 17.5 Å². The molecule has 3 atom stereocenters. The standard InChI is InChI=1S/C17H20F2N2O3/c1-10(22)11-2-3-20(8-11)17(24)12-4-16(23)21(9-12)15-6-13(18)5-14(19)7-15/h5-7,10-12,22H,2-4,8-9H2,1H3. The van der Waals surface area contributed by atoms with Crippen LogP contribution in [0.1, 0.15) is 19.8 Å². The van der Waals surface area contributed by atoms with E-state index < -0.39 is 23.7 Å². The normalized spacial score (nSPS) is 25.4. The molecule has 2 aliphatic heterocycles. The van der Waals surface area contributed by atoms with E-state index in [0.717, 1.165) is 24.6 Å². The monoisotopic (exact) mass is 338 g/mol. The largest absolute Gasteiger partial charge is 0.393 e. The third-order valence-electron chi connectivity index (χ3n) is 4.85. The van der Waals surface area contributed by atoms with Crippen LogP contribution in [0.4, 0.5) is 14.5 Å². The number of benzene rings is 1. The molecule has 24 heavy (non-hydrogen) atoms. The first-order valence-corrected chi connectivity index (χ1v) is 8.08. The van der Waals surface area contributed by atoms with Gasteiger partial charge in [0.15, 0.2) is 0 Å². The van der Waals surface area contributed by atoms with Crippen LogP contribution in [0.15, 0.2) is 18.2 Å². The Bertz CT molecular complexity index is 645. The lowest BCUT2D eigenvalue weighted by Gasteiger charge is -2.21. The molecule has 0 saturated carbocycles. The van der Waals surface area contributed by atoms with Gasteiger partial charge < -0.3 is 14.9 Å². The summed E-state index contributed by atoms with van der Waals surface area (Å²) in [6, 6.07) is 2.92. The minimum Gasteiger partial charge on any atom is -0.393 e. The van der Waals surface area contributed by atoms with Gasteiger partial charge in [0.2, 0.25) is 11.8 Å². The van der Waals surface area contributed by atoms with Gasteiger partial charge in [-0.25, -0.2) is 8.78 Å². The molecule has 0 aromatic heterocycles. The number of likely N-dealkylation sites (tertiary alicyclic amines) is 1. The highest BCUT2D eigenvalue weighted by Gasteiger charge is 2.39. The predicted octanol–water partition coefficient (Wildman–Crippen LogP) is 1.55. The lowest BCUT2D eigenvalue weighted by molar-refractivity contribution is -0.135. The molecule has 130 valence electrons. The lowest BCUT2D eigenvalue weighted by atomic mass is 10.0. The summed E-state index contributed by atoms with van der Waals surface area (Å²) in [5.41, 5.74) is 0.135. The summed E-state index contributed by atoms with van der Waals surface area (Å²) in [6.45, 7) is 2.87. The Morgan fingerprint density at radius 1 is 1.25 bits per heavy atom. The Balaban J connectivity index is 1.69. The van der Waals surface area contributed by atoms with Crippen molar-refractivity contribution in [2.24, 2.45) is 11.8 Å². The van der Waals surface area contributed by atoms with Crippen molar-refractivity contribution in [3.05, 3.63) is 29.8 Å². The fourth-order valence-corrected chi connectivity index (χ4v) is 3.46. The highest BCUT2D eigenvalue weighted by molar-refractivity contribution is 6.00. The van der Waals surface area contributed by atoms with Gasteiger partial charge in [-0.1, -0.05) is 0 Å². The van der Waals surface area contributed by atoms with Gasteiger partial charge in [-0.3, -0.25) is 9.59 Å². The second kappa shape index (κ2) is 6.47. The minimum atomic E-state index is -0.758. The molecule has 2 aliphatic rings. The van der Waals surface area contributed by atoms with E-state index in [9.17, 15) is 23.5 Å². The maximum absolute atomic E-state index is 13.4. The van der Waals surface area contributed by atoms with Gasteiger partial charge in [0, 0.05) is 43.7 Å². The minimum absolute atomic E-state index is 0.0345. The quantitative estimate of drug-likeness (QED) is 0.910. The zero-order valence-electron chi connectivity index (χ0n) is 13.4. The first-order chi connectivity index (χ1) is 11.3. The lowest BCUT2D eigenvalue weighted by Crippen LogP contribution is -2.36. The summed E-state index contributed by atoms with van der Waals surface area (Å²) in [6.07, 6.45) is 0.301. The van der Waals surface area contributed by atoms with Crippen LogP contribution in [0.5, 0.6) is 0 Å². The van der Waals surface area contributed by atoms with Crippen LogP contribution in [-0.2, 0) is 9.59 Å². The van der Waals surface area contributed by atoms with E-state index in [4.69, 9.17) is 0 Å². The molecular formula is C17H20F2N2O3. The van der Waals surface area contributed by atoms with Crippen molar-refractivity contribution in [2.75, 3.05) is 24.5 Å². The number of carbonyl (C=O) groups excluding carboxylic acids is 2. The number of hydrogen-bond acceptors (Lipinski definition) is 3. The Morgan fingerprint density at radius 2 is 1.92 bits per heavy atom. The molecule has 2 amide bonds. The number of halogens is 2. The third-order valence-corrected chi connectivity index (χ3v) is 4.85. The molecule has 2 heterocycles. The Kier molecular flexibility index (Phi) is 4.54. The number of carbonyl (C=O) groups is 2. The molecule has 0 spiro atoms. The number of aliphatic hydroxyl groups is 1. The van der Waals surface area contributed by atoms with Gasteiger partial charge in [0.1, 0.15) is 11.6 Å². The molecule has 3 rings (SSSR count). The molecule has 5 nitrogen and oxygen atoms in total. The maximum Gasteiger partial charge on any atom is 0.228 e. The fourth-order valence-electron chi connectivity index (χ4n) is 3.46. The number of nitrogens with zero attached hydrogens (tertiary/aromatic N) is 2. The second-order valence-electron chi connectivity index (χ2n) is 6.61. The topological polar surface area (TPSA) is 60.9 Å². The maximum atomic E-state index is 13.4. The first kappa shape index (κ1) is 16.8. The van der Waals surface area contributed by atoms with Crippen molar-refractivity contribution in [3.63, 3.8) is 0 Å². The van der Waals surface area contributed by atoms with E-state index >= 15 is 0 Å². The van der Waals surface area contributed by atoms with Gasteiger partial charge in [-0.2, -0.15) is 0 Å². The fraction of sp³-hybridized carbons (Fsp3) is 0.529. The Hall–Kier alpha value is -2.02. The van der Waals surface area contributed by atoms with E-state index in [0.29, 0.717) is 13.1 Å². The average Bonchev–Trinajstić information content (AvgIpc) is 3.12. The summed E-state index contributed by atoms with van der Waals surface area (Å²) < 4.78 is 26.7. The third kappa shape index (κ3) is 3.26. The molecule has 0 radical (unpaired) electrons. The predicted molar refractivity (Wildman–Crippen MR) is 83.2 cm³/mol. The molecule has 3 unspecified atom stereocenters. The van der Waals surface area contributed by atoms with Gasteiger partial charge in [-0.15, -0.1) is 0 Å². The highest BCUT2D eigenvalue weighted by Crippen LogP contribution is 2.29. The summed E-state index contributed by atoms with van der Waals surface area (Å²) in [7, 11) is 0. The van der Waals surface area contributed by atoms with Crippen LogP contribution >= 0.6 is 0 Å². The van der Waals surface area contributed by atoms with Crippen molar-refractivity contribution < 1.29 is 23.5 Å². The second-order valence-corrected chi connectivity index (χ2v) is 6.61. The molecule has 1 aromatic rings. The molecule has 7 heteroatoms. The summed E-state index contributed by atoms with van der Waals surface area (Å²) in [5.74, 6) is -2.43. The Morgan fingerprint density at radius 3 is 2.50 bits per heavy atom. The Labute approximate surface area is 138 Å². The van der Waals surface area contributed by atoms with E-state index in [1.807, 2.05) is 0 Å². The first-order valence-electron chi connectivity index (χ1n) is 8.08. The van der Waals surface area contributed by atoms with Crippen molar-refractivity contribution in [2.45, 2.75) is 25.9 Å². The number of amides is 2. The number of hydrogen-bond donors (Lipinski definition) is 1. The van der Waals surface area contributed by atoms with E-state index in [1.54, 1.807) is 11.8 Å². The molecule has 0 aliphatic carbocycles. The summed E-state index contributed by atoms with van der Waals surface area (Å²) in [4.78, 5) is 27.7. The van der Waals surface area contributed by atoms with Gasteiger partial charge in [-0.05, 0) is 25.5 Å². The van der Waals surface area contributed by atoms with Crippen LogP contribution in [0, 0.1) is 23.5 Å². The SMILES string of the molecule is CC(O)C1CCN(C(=O)C2CC(=O)N(c3cc(F)cc(F)c3)C2)C1. The van der Waals surface area contributed by atoms with E-state index in [1.165, 1.54) is 4.90 Å². The zero-order valence-corrected chi connectivity index (χ0v) is 13.4. The molecule has 1 aromatic carbocycles. The van der Waals surface area contributed by atoms with Gasteiger partial charge in [0.25, 0.3) is 0 Å². The highest BCUT2D eigenvalue weighted by atomic mass is 19.1. The number of aliphatic hydroxyl groups excluding tert-OH is 1. The van der Waals surface area contributed by atoms with Crippen LogP contribution < -0.4 is 4.90 Å². The number of anilines is 1. The average molecular weight is 338 g/mol. The van der Waals surface area contributed by atoms with Crippen LogP contribution in [0.25, 0.3) is 0 Å². The van der Waals surface area contributed by atoms with Crippen molar-refractivity contribution in [3.8, 4) is 0 Å². The zero-order chi connectivity index (χ0) is 17.4.